The summed E-state index contributed by atoms with van der Waals surface area (Å²) in [5.74, 6) is -1.22. The van der Waals surface area contributed by atoms with Crippen LogP contribution in [0, 0.1) is 13.8 Å². The molecule has 1 fully saturated rings. The van der Waals surface area contributed by atoms with Gasteiger partial charge in [0, 0.05) is 36.3 Å². The molecule has 6 rings (SSSR count). The number of H-pyrrole nitrogens is 1. The van der Waals surface area contributed by atoms with Crippen molar-refractivity contribution in [1.82, 2.24) is 35.2 Å². The highest BCUT2D eigenvalue weighted by molar-refractivity contribution is 5.83. The molecule has 0 aliphatic carbocycles. The molecule has 0 atom stereocenters. The maximum Gasteiger partial charge on any atom is 0.266 e. The van der Waals surface area contributed by atoms with Crippen LogP contribution in [0.15, 0.2) is 48.5 Å². The van der Waals surface area contributed by atoms with Gasteiger partial charge in [-0.1, -0.05) is 31.2 Å². The molecule has 1 aliphatic rings. The van der Waals surface area contributed by atoms with E-state index < -0.39 is 5.92 Å². The second kappa shape index (κ2) is 9.27. The molecule has 0 saturated carbocycles. The summed E-state index contributed by atoms with van der Waals surface area (Å²) in [5.41, 5.74) is 8.39. The number of fused-ring (bicyclic) bond motifs is 1. The average Bonchev–Trinajstić information content (AvgIpc) is 3.64. The number of halogens is 2. The first-order valence-corrected chi connectivity index (χ1v) is 12.7. The third kappa shape index (κ3) is 4.40. The first-order valence-electron chi connectivity index (χ1n) is 12.7. The van der Waals surface area contributed by atoms with Gasteiger partial charge in [-0.2, -0.15) is 5.21 Å². The molecule has 194 valence electrons. The number of alkyl halides is 2. The van der Waals surface area contributed by atoms with Crippen molar-refractivity contribution < 1.29 is 8.78 Å². The summed E-state index contributed by atoms with van der Waals surface area (Å²) in [6.07, 6.45) is 0.670. The molecule has 1 N–H and O–H groups in total. The lowest BCUT2D eigenvalue weighted by atomic mass is 9.97. The fourth-order valence-corrected chi connectivity index (χ4v) is 5.25. The number of nitrogens with zero attached hydrogens (tertiary/aromatic N) is 7. The molecule has 0 amide bonds. The van der Waals surface area contributed by atoms with E-state index in [0.717, 1.165) is 62.6 Å². The summed E-state index contributed by atoms with van der Waals surface area (Å²) in [7, 11) is 0. The molecule has 2 aromatic carbocycles. The lowest BCUT2D eigenvalue weighted by molar-refractivity contribution is 0.0257. The van der Waals surface area contributed by atoms with Crippen molar-refractivity contribution in [2.24, 2.45) is 0 Å². The standard InChI is InChI=1S/C28H28F2N8/c1-4-24-32-25-17(2)13-18(3)31-27(25)38(24)15-19-5-7-20(8-6-19)23-14-21(37-12-11-28(29,30)16-37)9-10-22(23)26-33-35-36-34-26/h5-10,13-14H,4,11-12,15-16H2,1-3H3,(H,33,34,35,36). The first-order chi connectivity index (χ1) is 18.3. The van der Waals surface area contributed by atoms with E-state index in [2.05, 4.69) is 57.2 Å². The van der Waals surface area contributed by atoms with E-state index >= 15 is 0 Å². The number of hydrogen-bond acceptors (Lipinski definition) is 6. The molecule has 0 spiro atoms. The molecule has 0 unspecified atom stereocenters. The Morgan fingerprint density at radius 3 is 2.50 bits per heavy atom. The number of nitrogens with one attached hydrogen (secondary N) is 1. The minimum absolute atomic E-state index is 0.139. The second-order valence-corrected chi connectivity index (χ2v) is 9.91. The highest BCUT2D eigenvalue weighted by atomic mass is 19.3. The number of aromatic amines is 1. The van der Waals surface area contributed by atoms with E-state index in [4.69, 9.17) is 9.97 Å². The van der Waals surface area contributed by atoms with Crippen LogP contribution >= 0.6 is 0 Å². The normalized spacial score (nSPS) is 15.0. The van der Waals surface area contributed by atoms with Crippen LogP contribution in [0.4, 0.5) is 14.5 Å². The number of aromatic nitrogens is 7. The van der Waals surface area contributed by atoms with Crippen molar-refractivity contribution in [3.63, 3.8) is 0 Å². The summed E-state index contributed by atoms with van der Waals surface area (Å²) in [6, 6.07) is 16.0. The Morgan fingerprint density at radius 2 is 1.82 bits per heavy atom. The fraction of sp³-hybridized carbons (Fsp3) is 0.321. The van der Waals surface area contributed by atoms with Crippen LogP contribution in [0.5, 0.6) is 0 Å². The smallest absolute Gasteiger partial charge is 0.266 e. The van der Waals surface area contributed by atoms with Crippen molar-refractivity contribution in [1.29, 1.82) is 0 Å². The Bertz CT molecular complexity index is 1610. The van der Waals surface area contributed by atoms with Gasteiger partial charge in [-0.15, -0.1) is 10.2 Å². The Morgan fingerprint density at radius 1 is 1.00 bits per heavy atom. The summed E-state index contributed by atoms with van der Waals surface area (Å²) < 4.78 is 30.0. The lowest BCUT2D eigenvalue weighted by Crippen LogP contribution is -2.24. The van der Waals surface area contributed by atoms with Crippen molar-refractivity contribution in [2.45, 2.75) is 46.1 Å². The molecule has 0 bridgehead atoms. The number of benzene rings is 2. The topological polar surface area (TPSA) is 88.4 Å². The number of anilines is 1. The Kier molecular flexibility index (Phi) is 5.89. The molecular weight excluding hydrogens is 486 g/mol. The number of imidazole rings is 1. The zero-order chi connectivity index (χ0) is 26.4. The van der Waals surface area contributed by atoms with Crippen molar-refractivity contribution >= 4 is 16.9 Å². The monoisotopic (exact) mass is 514 g/mol. The third-order valence-corrected chi connectivity index (χ3v) is 7.15. The van der Waals surface area contributed by atoms with Crippen molar-refractivity contribution in [3.8, 4) is 22.5 Å². The fourth-order valence-electron chi connectivity index (χ4n) is 5.25. The van der Waals surface area contributed by atoms with Crippen LogP contribution in [0.2, 0.25) is 0 Å². The van der Waals surface area contributed by atoms with Gasteiger partial charge in [0.2, 0.25) is 5.82 Å². The van der Waals surface area contributed by atoms with Gasteiger partial charge in [-0.25, -0.2) is 18.7 Å². The number of pyridine rings is 1. The maximum absolute atomic E-state index is 13.9. The largest absolute Gasteiger partial charge is 0.365 e. The summed E-state index contributed by atoms with van der Waals surface area (Å²) in [6.45, 7) is 6.86. The molecule has 38 heavy (non-hydrogen) atoms. The van der Waals surface area contributed by atoms with E-state index in [9.17, 15) is 8.78 Å². The van der Waals surface area contributed by atoms with E-state index in [0.29, 0.717) is 18.9 Å². The molecule has 4 heterocycles. The molecule has 8 nitrogen and oxygen atoms in total. The third-order valence-electron chi connectivity index (χ3n) is 7.15. The number of rotatable bonds is 6. The van der Waals surface area contributed by atoms with Gasteiger partial charge in [-0.3, -0.25) is 0 Å². The van der Waals surface area contributed by atoms with Gasteiger partial charge in [0.1, 0.15) is 11.3 Å². The zero-order valence-corrected chi connectivity index (χ0v) is 21.5. The minimum Gasteiger partial charge on any atom is -0.365 e. The predicted molar refractivity (Wildman–Crippen MR) is 142 cm³/mol. The van der Waals surface area contributed by atoms with E-state index in [1.54, 1.807) is 4.90 Å². The SMILES string of the molecule is CCc1nc2c(C)cc(C)nc2n1Cc1ccc(-c2cc(N3CCC(F)(F)C3)ccc2-c2nn[nH]n2)cc1. The minimum atomic E-state index is -2.67. The van der Waals surface area contributed by atoms with E-state index in [1.807, 2.05) is 37.3 Å². The Balaban J connectivity index is 1.36. The van der Waals surface area contributed by atoms with Crippen LogP contribution in [0.3, 0.4) is 0 Å². The van der Waals surface area contributed by atoms with Crippen molar-refractivity contribution in [3.05, 3.63) is 71.2 Å². The summed E-state index contributed by atoms with van der Waals surface area (Å²) in [5, 5.41) is 14.5. The van der Waals surface area contributed by atoms with Crippen LogP contribution in [0.25, 0.3) is 33.7 Å². The Labute approximate surface area is 218 Å². The number of tetrazole rings is 1. The number of aryl methyl sites for hydroxylation is 3. The lowest BCUT2D eigenvalue weighted by Gasteiger charge is -2.20. The van der Waals surface area contributed by atoms with Crippen molar-refractivity contribution in [2.75, 3.05) is 18.0 Å². The van der Waals surface area contributed by atoms with Gasteiger partial charge >= 0.3 is 0 Å². The Hall–Kier alpha value is -4.21. The van der Waals surface area contributed by atoms with Gasteiger partial charge < -0.3 is 9.47 Å². The maximum atomic E-state index is 13.9. The molecule has 1 aliphatic heterocycles. The summed E-state index contributed by atoms with van der Waals surface area (Å²) >= 11 is 0. The average molecular weight is 515 g/mol. The van der Waals surface area contributed by atoms with Gasteiger partial charge in [-0.05, 0) is 65.6 Å². The van der Waals surface area contributed by atoms with Gasteiger partial charge in [0.25, 0.3) is 5.92 Å². The van der Waals surface area contributed by atoms with Gasteiger partial charge in [0.05, 0.1) is 13.1 Å². The highest BCUT2D eigenvalue weighted by Gasteiger charge is 2.38. The molecule has 1 saturated heterocycles. The van der Waals surface area contributed by atoms with E-state index in [1.165, 1.54) is 0 Å². The zero-order valence-electron chi connectivity index (χ0n) is 21.5. The molecule has 0 radical (unpaired) electrons. The predicted octanol–water partition coefficient (Wildman–Crippen LogP) is 5.35. The van der Waals surface area contributed by atoms with Crippen LogP contribution < -0.4 is 4.90 Å². The molecular formula is C28H28F2N8. The highest BCUT2D eigenvalue weighted by Crippen LogP contribution is 2.37. The molecule has 5 aromatic rings. The van der Waals surface area contributed by atoms with Crippen LogP contribution in [-0.4, -0.2) is 54.2 Å². The number of hydrogen-bond donors (Lipinski definition) is 1. The van der Waals surface area contributed by atoms with Crippen LogP contribution in [0.1, 0.15) is 36.0 Å². The quantitative estimate of drug-likeness (QED) is 0.329. The van der Waals surface area contributed by atoms with Crippen LogP contribution in [-0.2, 0) is 13.0 Å². The first kappa shape index (κ1) is 24.1. The molecule has 10 heteroatoms. The van der Waals surface area contributed by atoms with E-state index in [-0.39, 0.29) is 13.0 Å². The molecule has 3 aromatic heterocycles. The summed E-state index contributed by atoms with van der Waals surface area (Å²) in [4.78, 5) is 11.4. The van der Waals surface area contributed by atoms with Gasteiger partial charge in [0.15, 0.2) is 5.65 Å². The second-order valence-electron chi connectivity index (χ2n) is 9.91.